The van der Waals surface area contributed by atoms with Gasteiger partial charge in [-0.3, -0.25) is 9.59 Å². The zero-order valence-corrected chi connectivity index (χ0v) is 16.2. The van der Waals surface area contributed by atoms with Gasteiger partial charge in [-0.15, -0.1) is 11.3 Å². The van der Waals surface area contributed by atoms with Gasteiger partial charge < -0.3 is 9.80 Å². The van der Waals surface area contributed by atoms with E-state index in [9.17, 15) is 9.59 Å². The predicted molar refractivity (Wildman–Crippen MR) is 110 cm³/mol. The standard InChI is InChI=1S/C23H20N2O2S/c26-22(24-12-11-16-6-2-4-9-19(16)24)14-20(21-10-5-13-28-21)25-15-17-7-1-3-8-18(17)23(25)27/h1-10,13,20H,11-12,14-15H2/t20-/m0/s1. The first-order valence-electron chi connectivity index (χ1n) is 9.53. The molecule has 5 heteroatoms. The Balaban J connectivity index is 1.43. The second-order valence-corrected chi connectivity index (χ2v) is 8.23. The molecule has 0 saturated heterocycles. The van der Waals surface area contributed by atoms with Crippen molar-refractivity contribution in [3.8, 4) is 0 Å². The van der Waals surface area contributed by atoms with Gasteiger partial charge in [0, 0.05) is 29.2 Å². The maximum absolute atomic E-state index is 13.2. The van der Waals surface area contributed by atoms with Crippen LogP contribution in [0.4, 0.5) is 5.69 Å². The fraction of sp³-hybridized carbons (Fsp3) is 0.217. The maximum atomic E-state index is 13.2. The van der Waals surface area contributed by atoms with E-state index in [0.29, 0.717) is 19.5 Å². The Hall–Kier alpha value is -2.92. The lowest BCUT2D eigenvalue weighted by Crippen LogP contribution is -2.36. The highest BCUT2D eigenvalue weighted by atomic mass is 32.1. The van der Waals surface area contributed by atoms with Crippen molar-refractivity contribution >= 4 is 28.8 Å². The molecule has 4 nitrogen and oxygen atoms in total. The molecule has 2 amide bonds. The van der Waals surface area contributed by atoms with E-state index in [0.717, 1.165) is 28.1 Å². The molecule has 0 radical (unpaired) electrons. The lowest BCUT2D eigenvalue weighted by Gasteiger charge is -2.28. The molecule has 2 aliphatic rings. The molecule has 1 aromatic heterocycles. The molecule has 0 bridgehead atoms. The molecule has 5 rings (SSSR count). The predicted octanol–water partition coefficient (Wildman–Crippen LogP) is 4.42. The molecule has 0 aliphatic carbocycles. The van der Waals surface area contributed by atoms with E-state index in [1.807, 2.05) is 69.8 Å². The van der Waals surface area contributed by atoms with E-state index in [-0.39, 0.29) is 17.9 Å². The summed E-state index contributed by atoms with van der Waals surface area (Å²) < 4.78 is 0. The summed E-state index contributed by atoms with van der Waals surface area (Å²) >= 11 is 1.60. The molecule has 3 aromatic rings. The summed E-state index contributed by atoms with van der Waals surface area (Å²) in [4.78, 5) is 31.1. The minimum Gasteiger partial charge on any atom is -0.326 e. The summed E-state index contributed by atoms with van der Waals surface area (Å²) in [6, 6.07) is 19.6. The van der Waals surface area contributed by atoms with Crippen LogP contribution in [0.25, 0.3) is 0 Å². The van der Waals surface area contributed by atoms with Crippen LogP contribution in [0.2, 0.25) is 0 Å². The van der Waals surface area contributed by atoms with Crippen LogP contribution in [0.15, 0.2) is 66.0 Å². The van der Waals surface area contributed by atoms with Crippen LogP contribution < -0.4 is 4.90 Å². The third kappa shape index (κ3) is 2.83. The average molecular weight is 388 g/mol. The summed E-state index contributed by atoms with van der Waals surface area (Å²) in [6.45, 7) is 1.27. The number of anilines is 1. The minimum atomic E-state index is -0.236. The van der Waals surface area contributed by atoms with Crippen molar-refractivity contribution in [2.24, 2.45) is 0 Å². The first-order chi connectivity index (χ1) is 13.7. The zero-order valence-electron chi connectivity index (χ0n) is 15.4. The summed E-state index contributed by atoms with van der Waals surface area (Å²) in [7, 11) is 0. The number of rotatable bonds is 4. The van der Waals surface area contributed by atoms with Crippen molar-refractivity contribution in [2.45, 2.75) is 25.4 Å². The highest BCUT2D eigenvalue weighted by molar-refractivity contribution is 7.10. The third-order valence-corrected chi connectivity index (χ3v) is 6.63. The zero-order chi connectivity index (χ0) is 19.1. The van der Waals surface area contributed by atoms with E-state index >= 15 is 0 Å². The smallest absolute Gasteiger partial charge is 0.255 e. The number of hydrogen-bond acceptors (Lipinski definition) is 3. The molecule has 3 heterocycles. The summed E-state index contributed by atoms with van der Waals surface area (Å²) in [5.74, 6) is 0.0933. The number of carbonyl (C=O) groups is 2. The number of benzene rings is 2. The largest absolute Gasteiger partial charge is 0.326 e. The number of fused-ring (bicyclic) bond motifs is 2. The summed E-state index contributed by atoms with van der Waals surface area (Å²) in [6.07, 6.45) is 1.19. The molecule has 28 heavy (non-hydrogen) atoms. The summed E-state index contributed by atoms with van der Waals surface area (Å²) in [5.41, 5.74) is 4.01. The van der Waals surface area contributed by atoms with Crippen LogP contribution in [-0.4, -0.2) is 23.3 Å². The molecule has 0 fully saturated rings. The van der Waals surface area contributed by atoms with Gasteiger partial charge in [0.05, 0.1) is 12.5 Å². The first-order valence-corrected chi connectivity index (χ1v) is 10.4. The topological polar surface area (TPSA) is 40.6 Å². The molecule has 140 valence electrons. The quantitative estimate of drug-likeness (QED) is 0.664. The Kier molecular flexibility index (Phi) is 4.24. The van der Waals surface area contributed by atoms with E-state index in [1.54, 1.807) is 11.3 Å². The fourth-order valence-electron chi connectivity index (χ4n) is 4.25. The fourth-order valence-corrected chi connectivity index (χ4v) is 5.09. The molecule has 0 unspecified atom stereocenters. The van der Waals surface area contributed by atoms with Crippen LogP contribution in [0.5, 0.6) is 0 Å². The third-order valence-electron chi connectivity index (χ3n) is 5.65. The normalized spacial score (nSPS) is 16.2. The molecular formula is C23H20N2O2S. The minimum absolute atomic E-state index is 0.0172. The lowest BCUT2D eigenvalue weighted by atomic mass is 10.1. The van der Waals surface area contributed by atoms with Crippen molar-refractivity contribution < 1.29 is 9.59 Å². The molecule has 0 spiro atoms. The second kappa shape index (κ2) is 6.91. The van der Waals surface area contributed by atoms with Crippen molar-refractivity contribution in [3.05, 3.63) is 87.6 Å². The first kappa shape index (κ1) is 17.2. The Labute approximate surface area is 168 Å². The highest BCUT2D eigenvalue weighted by Gasteiger charge is 2.36. The SMILES string of the molecule is O=C(C[C@@H](c1cccs1)N1Cc2ccccc2C1=O)N1CCc2ccccc21. The van der Waals surface area contributed by atoms with E-state index in [1.165, 1.54) is 5.56 Å². The molecule has 0 N–H and O–H groups in total. The number of amides is 2. The van der Waals surface area contributed by atoms with Gasteiger partial charge in [0.25, 0.3) is 5.91 Å². The van der Waals surface area contributed by atoms with Crippen LogP contribution in [-0.2, 0) is 17.8 Å². The highest BCUT2D eigenvalue weighted by Crippen LogP contribution is 2.37. The number of carbonyl (C=O) groups excluding carboxylic acids is 2. The molecule has 1 atom stereocenters. The van der Waals surface area contributed by atoms with E-state index < -0.39 is 0 Å². The van der Waals surface area contributed by atoms with Gasteiger partial charge >= 0.3 is 0 Å². The molecule has 2 aliphatic heterocycles. The van der Waals surface area contributed by atoms with Gasteiger partial charge in [-0.1, -0.05) is 42.5 Å². The van der Waals surface area contributed by atoms with Crippen molar-refractivity contribution in [1.82, 2.24) is 4.90 Å². The monoisotopic (exact) mass is 388 g/mol. The lowest BCUT2D eigenvalue weighted by molar-refractivity contribution is -0.119. The van der Waals surface area contributed by atoms with Gasteiger partial charge in [-0.05, 0) is 41.1 Å². The number of thiophene rings is 1. The molecule has 0 saturated carbocycles. The summed E-state index contributed by atoms with van der Waals surface area (Å²) in [5, 5.41) is 2.01. The Morgan fingerprint density at radius 1 is 1.00 bits per heavy atom. The van der Waals surface area contributed by atoms with Crippen LogP contribution in [0.3, 0.4) is 0 Å². The Morgan fingerprint density at radius 2 is 1.79 bits per heavy atom. The van der Waals surface area contributed by atoms with Crippen LogP contribution in [0, 0.1) is 0 Å². The van der Waals surface area contributed by atoms with Gasteiger partial charge in [0.1, 0.15) is 0 Å². The molecule has 2 aromatic carbocycles. The molecular weight excluding hydrogens is 368 g/mol. The van der Waals surface area contributed by atoms with Crippen LogP contribution in [0.1, 0.15) is 38.8 Å². The number of nitrogens with zero attached hydrogens (tertiary/aromatic N) is 2. The second-order valence-electron chi connectivity index (χ2n) is 7.25. The van der Waals surface area contributed by atoms with Gasteiger partial charge in [-0.25, -0.2) is 0 Å². The van der Waals surface area contributed by atoms with Gasteiger partial charge in [-0.2, -0.15) is 0 Å². The van der Waals surface area contributed by atoms with E-state index in [4.69, 9.17) is 0 Å². The van der Waals surface area contributed by atoms with Gasteiger partial charge in [0.15, 0.2) is 0 Å². The van der Waals surface area contributed by atoms with Gasteiger partial charge in [0.2, 0.25) is 5.91 Å². The van der Waals surface area contributed by atoms with E-state index in [2.05, 4.69) is 6.07 Å². The van der Waals surface area contributed by atoms with Crippen LogP contribution >= 0.6 is 11.3 Å². The number of hydrogen-bond donors (Lipinski definition) is 0. The number of para-hydroxylation sites is 1. The van der Waals surface area contributed by atoms with Crippen molar-refractivity contribution in [3.63, 3.8) is 0 Å². The van der Waals surface area contributed by atoms with Crippen molar-refractivity contribution in [1.29, 1.82) is 0 Å². The maximum Gasteiger partial charge on any atom is 0.255 e. The Bertz CT molecular complexity index is 1040. The average Bonchev–Trinajstić information content (AvgIpc) is 3.46. The Morgan fingerprint density at radius 3 is 2.57 bits per heavy atom. The van der Waals surface area contributed by atoms with Crippen molar-refractivity contribution in [2.75, 3.05) is 11.4 Å².